The van der Waals surface area contributed by atoms with E-state index in [1.807, 2.05) is 0 Å². The highest BCUT2D eigenvalue weighted by molar-refractivity contribution is 6.02. The summed E-state index contributed by atoms with van der Waals surface area (Å²) in [6, 6.07) is 101. The van der Waals surface area contributed by atoms with Crippen molar-refractivity contribution in [2.45, 2.75) is 24.7 Å². The minimum Gasteiger partial charge on any atom is -0.310 e. The smallest absolute Gasteiger partial charge is 0.0714 e. The summed E-state index contributed by atoms with van der Waals surface area (Å²) >= 11 is 0. The van der Waals surface area contributed by atoms with Gasteiger partial charge in [0.25, 0.3) is 0 Å². The summed E-state index contributed by atoms with van der Waals surface area (Å²) in [7, 11) is 0. The molecule has 0 bridgehead atoms. The van der Waals surface area contributed by atoms with Gasteiger partial charge in [-0.05, 0) is 131 Å². The Hall–Kier alpha value is -8.78. The molecule has 0 saturated carbocycles. The minimum absolute atomic E-state index is 0.0459. The summed E-state index contributed by atoms with van der Waals surface area (Å²) in [6.45, 7) is 4.70. The third-order valence-electron chi connectivity index (χ3n) is 15.4. The van der Waals surface area contributed by atoms with Crippen molar-refractivity contribution in [3.63, 3.8) is 0 Å². The van der Waals surface area contributed by atoms with E-state index in [1.54, 1.807) is 0 Å². The minimum atomic E-state index is -0.560. The molecule has 0 amide bonds. The summed E-state index contributed by atoms with van der Waals surface area (Å²) in [5.41, 5.74) is 25.1. The third-order valence-corrected chi connectivity index (χ3v) is 15.4. The van der Waals surface area contributed by atoms with Crippen molar-refractivity contribution >= 4 is 17.1 Å². The Balaban J connectivity index is 1.07. The molecule has 0 atom stereocenters. The van der Waals surface area contributed by atoms with Crippen molar-refractivity contribution in [2.75, 3.05) is 4.90 Å². The summed E-state index contributed by atoms with van der Waals surface area (Å²) in [6.07, 6.45) is 0. The Labute approximate surface area is 417 Å². The van der Waals surface area contributed by atoms with Crippen LogP contribution in [0.5, 0.6) is 0 Å². The van der Waals surface area contributed by atoms with Crippen LogP contribution in [0.2, 0.25) is 0 Å². The first-order valence-electron chi connectivity index (χ1n) is 24.8. The van der Waals surface area contributed by atoms with E-state index in [9.17, 15) is 0 Å². The zero-order valence-electron chi connectivity index (χ0n) is 39.9. The predicted octanol–water partition coefficient (Wildman–Crippen LogP) is 18.5. The summed E-state index contributed by atoms with van der Waals surface area (Å²) in [5.74, 6) is 0. The molecule has 0 fully saturated rings. The Bertz CT molecular complexity index is 3720. The number of benzene rings is 11. The van der Waals surface area contributed by atoms with Gasteiger partial charge in [-0.1, -0.05) is 250 Å². The molecule has 0 aliphatic heterocycles. The summed E-state index contributed by atoms with van der Waals surface area (Å²) in [5, 5.41) is 0. The largest absolute Gasteiger partial charge is 0.310 e. The quantitative estimate of drug-likeness (QED) is 0.139. The molecule has 0 aromatic heterocycles. The molecule has 1 nitrogen and oxygen atoms in total. The van der Waals surface area contributed by atoms with Crippen LogP contribution in [0.1, 0.15) is 47.2 Å². The van der Waals surface area contributed by atoms with Crippen molar-refractivity contribution in [2.24, 2.45) is 0 Å². The molecular weight excluding hydrogens is 855 g/mol. The fourth-order valence-corrected chi connectivity index (χ4v) is 12.1. The van der Waals surface area contributed by atoms with Crippen LogP contribution in [0.4, 0.5) is 17.1 Å². The van der Waals surface area contributed by atoms with Gasteiger partial charge in [0.1, 0.15) is 0 Å². The lowest BCUT2D eigenvalue weighted by atomic mass is 9.67. The second-order valence-electron chi connectivity index (χ2n) is 19.5. The highest BCUT2D eigenvalue weighted by Crippen LogP contribution is 2.58. The zero-order chi connectivity index (χ0) is 47.5. The highest BCUT2D eigenvalue weighted by atomic mass is 15.1. The van der Waals surface area contributed by atoms with Crippen molar-refractivity contribution in [1.82, 2.24) is 0 Å². The maximum absolute atomic E-state index is 2.51. The molecule has 2 aliphatic rings. The Morgan fingerprint density at radius 2 is 0.732 bits per heavy atom. The maximum atomic E-state index is 2.51. The monoisotopic (exact) mass is 905 g/mol. The van der Waals surface area contributed by atoms with Gasteiger partial charge in [0, 0.05) is 22.4 Å². The Morgan fingerprint density at radius 1 is 0.268 bits per heavy atom. The van der Waals surface area contributed by atoms with Gasteiger partial charge < -0.3 is 4.90 Å². The van der Waals surface area contributed by atoms with Crippen molar-refractivity contribution in [3.05, 3.63) is 306 Å². The Kier molecular flexibility index (Phi) is 10.1. The number of hydrogen-bond donors (Lipinski definition) is 0. The van der Waals surface area contributed by atoms with Crippen molar-refractivity contribution < 1.29 is 0 Å². The van der Waals surface area contributed by atoms with Gasteiger partial charge >= 0.3 is 0 Å². The van der Waals surface area contributed by atoms with E-state index in [4.69, 9.17) is 0 Å². The van der Waals surface area contributed by atoms with Gasteiger partial charge in [0.2, 0.25) is 0 Å². The molecule has 11 aromatic carbocycles. The summed E-state index contributed by atoms with van der Waals surface area (Å²) in [4.78, 5) is 2.51. The highest BCUT2D eigenvalue weighted by Gasteiger charge is 2.46. The molecule has 71 heavy (non-hydrogen) atoms. The molecule has 0 unspecified atom stereocenters. The number of fused-ring (bicyclic) bond motifs is 6. The standard InChI is InChI=1S/C70H51N/c1-69(2)63-35-19-17-32-59(63)62-46-51(40-45-64(62)69)48-38-41-54(42-39-48)71(67-37-21-34-57(50-24-9-4-10-25-50)68(67)61-33-16-15-30-56(61)49-22-7-3-8-23-49)55-43-44-60-58-31-18-20-36-65(58)70(66(60)47-55,52-26-11-5-12-27-52)53-28-13-6-14-29-53/h3-47H,1-2H3. The van der Waals surface area contributed by atoms with E-state index in [2.05, 4.69) is 292 Å². The van der Waals surface area contributed by atoms with Crippen LogP contribution in [0, 0.1) is 0 Å². The van der Waals surface area contributed by atoms with Crippen LogP contribution in [-0.4, -0.2) is 0 Å². The second-order valence-corrected chi connectivity index (χ2v) is 19.5. The first kappa shape index (κ1) is 42.3. The molecule has 0 heterocycles. The number of hydrogen-bond acceptors (Lipinski definition) is 1. The van der Waals surface area contributed by atoms with Crippen LogP contribution in [0.25, 0.3) is 66.8 Å². The fourth-order valence-electron chi connectivity index (χ4n) is 12.1. The fraction of sp³-hybridized carbons (Fsp3) is 0.0571. The van der Waals surface area contributed by atoms with E-state index < -0.39 is 5.41 Å². The van der Waals surface area contributed by atoms with Crippen LogP contribution < -0.4 is 4.90 Å². The first-order chi connectivity index (χ1) is 35.0. The lowest BCUT2D eigenvalue weighted by Crippen LogP contribution is -2.28. The molecule has 0 saturated heterocycles. The van der Waals surface area contributed by atoms with Gasteiger partial charge in [0.05, 0.1) is 11.1 Å². The molecule has 11 aromatic rings. The molecule has 0 N–H and O–H groups in total. The third kappa shape index (κ3) is 6.76. The van der Waals surface area contributed by atoms with Gasteiger partial charge in [0.15, 0.2) is 0 Å². The van der Waals surface area contributed by atoms with Crippen molar-refractivity contribution in [3.8, 4) is 66.8 Å². The molecule has 0 spiro atoms. The molecule has 2 aliphatic carbocycles. The number of rotatable bonds is 9. The second kappa shape index (κ2) is 17.0. The normalized spacial score (nSPS) is 13.4. The van der Waals surface area contributed by atoms with Crippen molar-refractivity contribution in [1.29, 1.82) is 0 Å². The van der Waals surface area contributed by atoms with Crippen LogP contribution in [0.3, 0.4) is 0 Å². The maximum Gasteiger partial charge on any atom is 0.0714 e. The van der Waals surface area contributed by atoms with Gasteiger partial charge in [-0.3, -0.25) is 0 Å². The van der Waals surface area contributed by atoms with Gasteiger partial charge in [-0.2, -0.15) is 0 Å². The average Bonchev–Trinajstić information content (AvgIpc) is 3.87. The number of anilines is 3. The van der Waals surface area contributed by atoms with Crippen LogP contribution in [0.15, 0.2) is 273 Å². The lowest BCUT2D eigenvalue weighted by Gasteiger charge is -2.35. The van der Waals surface area contributed by atoms with E-state index in [-0.39, 0.29) is 5.41 Å². The lowest BCUT2D eigenvalue weighted by molar-refractivity contribution is 0.660. The predicted molar refractivity (Wildman–Crippen MR) is 298 cm³/mol. The van der Waals surface area contributed by atoms with E-state index in [1.165, 1.54) is 100 Å². The molecule has 336 valence electrons. The molecule has 0 radical (unpaired) electrons. The Morgan fingerprint density at radius 3 is 1.38 bits per heavy atom. The van der Waals surface area contributed by atoms with Crippen LogP contribution >= 0.6 is 0 Å². The van der Waals surface area contributed by atoms with Crippen LogP contribution in [-0.2, 0) is 10.8 Å². The molecular formula is C70H51N. The van der Waals surface area contributed by atoms with E-state index in [0.29, 0.717) is 0 Å². The zero-order valence-corrected chi connectivity index (χ0v) is 39.9. The average molecular weight is 906 g/mol. The SMILES string of the molecule is CC1(C)c2ccccc2-c2cc(-c3ccc(N(c4ccc5c(c4)C(c4ccccc4)(c4ccccc4)c4ccccc4-5)c4cccc(-c5ccccc5)c4-c4ccccc4-c4ccccc4)cc3)ccc21. The van der Waals surface area contributed by atoms with Gasteiger partial charge in [-0.15, -0.1) is 0 Å². The van der Waals surface area contributed by atoms with Gasteiger partial charge in [-0.25, -0.2) is 0 Å². The number of nitrogens with zero attached hydrogens (tertiary/aromatic N) is 1. The molecule has 13 rings (SSSR count). The van der Waals surface area contributed by atoms with E-state index in [0.717, 1.165) is 17.1 Å². The topological polar surface area (TPSA) is 3.24 Å². The van der Waals surface area contributed by atoms with E-state index >= 15 is 0 Å². The summed E-state index contributed by atoms with van der Waals surface area (Å²) < 4.78 is 0. The molecule has 1 heteroatoms. The first-order valence-corrected chi connectivity index (χ1v) is 24.8.